The van der Waals surface area contributed by atoms with Gasteiger partial charge in [-0.15, -0.1) is 11.8 Å². The number of nitrogens with zero attached hydrogens (tertiary/aromatic N) is 1. The van der Waals surface area contributed by atoms with Gasteiger partial charge in [-0.2, -0.15) is 0 Å². The van der Waals surface area contributed by atoms with Crippen LogP contribution in [0.15, 0.2) is 70.6 Å². The number of nitrogens with two attached hydrogens (primary N) is 1. The molecule has 6 nitrogen and oxygen atoms in total. The summed E-state index contributed by atoms with van der Waals surface area (Å²) < 4.78 is 22.4. The normalized spacial score (nSPS) is 11.4. The van der Waals surface area contributed by atoms with Crippen molar-refractivity contribution < 1.29 is 13.2 Å². The van der Waals surface area contributed by atoms with Gasteiger partial charge in [0.05, 0.1) is 16.2 Å². The minimum Gasteiger partial charge on any atom is -0.325 e. The molecule has 3 aromatic rings. The van der Waals surface area contributed by atoms with E-state index in [-0.39, 0.29) is 16.6 Å². The van der Waals surface area contributed by atoms with Crippen LogP contribution in [0.5, 0.6) is 0 Å². The van der Waals surface area contributed by atoms with Gasteiger partial charge in [0.2, 0.25) is 15.9 Å². The summed E-state index contributed by atoms with van der Waals surface area (Å²) in [6, 6.07) is 15.4. The van der Waals surface area contributed by atoms with Crippen LogP contribution in [-0.2, 0) is 14.8 Å². The van der Waals surface area contributed by atoms with Gasteiger partial charge in [0.25, 0.3) is 0 Å². The van der Waals surface area contributed by atoms with Crippen LogP contribution in [0.2, 0.25) is 0 Å². The molecule has 128 valence electrons. The molecule has 1 amide bonds. The third-order valence-corrected chi connectivity index (χ3v) is 5.40. The van der Waals surface area contributed by atoms with E-state index in [0.29, 0.717) is 5.69 Å². The van der Waals surface area contributed by atoms with Gasteiger partial charge in [-0.1, -0.05) is 18.2 Å². The van der Waals surface area contributed by atoms with Crippen molar-refractivity contribution in [3.8, 4) is 0 Å². The van der Waals surface area contributed by atoms with E-state index < -0.39 is 10.0 Å². The number of benzene rings is 2. The summed E-state index contributed by atoms with van der Waals surface area (Å²) in [6.45, 7) is 0. The Balaban J connectivity index is 1.65. The number of aromatic nitrogens is 1. The van der Waals surface area contributed by atoms with Crippen molar-refractivity contribution in [2.24, 2.45) is 5.14 Å². The number of rotatable bonds is 5. The molecule has 0 atom stereocenters. The number of fused-ring (bicyclic) bond motifs is 1. The average molecular weight is 373 g/mol. The van der Waals surface area contributed by atoms with Gasteiger partial charge in [0, 0.05) is 22.2 Å². The fourth-order valence-corrected chi connectivity index (χ4v) is 3.62. The zero-order chi connectivity index (χ0) is 17.9. The highest BCUT2D eigenvalue weighted by molar-refractivity contribution is 8.00. The van der Waals surface area contributed by atoms with Gasteiger partial charge in [0.15, 0.2) is 0 Å². The average Bonchev–Trinajstić information content (AvgIpc) is 2.59. The van der Waals surface area contributed by atoms with E-state index in [1.54, 1.807) is 6.20 Å². The van der Waals surface area contributed by atoms with E-state index in [1.807, 2.05) is 30.3 Å². The van der Waals surface area contributed by atoms with E-state index >= 15 is 0 Å². The van der Waals surface area contributed by atoms with Gasteiger partial charge in [-0.25, -0.2) is 13.6 Å². The largest absolute Gasteiger partial charge is 0.325 e. The number of para-hydroxylation sites is 1. The Labute approximate surface area is 149 Å². The lowest BCUT2D eigenvalue weighted by Crippen LogP contribution is -2.15. The molecule has 1 heterocycles. The molecule has 0 spiro atoms. The van der Waals surface area contributed by atoms with Crippen LogP contribution in [0.4, 0.5) is 5.69 Å². The van der Waals surface area contributed by atoms with E-state index in [2.05, 4.69) is 10.3 Å². The third kappa shape index (κ3) is 4.36. The Morgan fingerprint density at radius 1 is 1.08 bits per heavy atom. The standard InChI is InChI=1S/C17H15N3O3S2/c18-25(22,23)14-8-6-13(7-9-14)20-16(21)11-24-15-5-1-3-12-4-2-10-19-17(12)15/h1-10H,11H2,(H,20,21)(H2,18,22,23). The second-order valence-electron chi connectivity index (χ2n) is 5.24. The van der Waals surface area contributed by atoms with E-state index in [1.165, 1.54) is 36.0 Å². The van der Waals surface area contributed by atoms with Crippen molar-refractivity contribution in [3.05, 3.63) is 60.8 Å². The Hall–Kier alpha value is -2.42. The Morgan fingerprint density at radius 3 is 2.52 bits per heavy atom. The van der Waals surface area contributed by atoms with Crippen molar-refractivity contribution in [3.63, 3.8) is 0 Å². The number of hydrogen-bond donors (Lipinski definition) is 2. The number of hydrogen-bond acceptors (Lipinski definition) is 5. The highest BCUT2D eigenvalue weighted by atomic mass is 32.2. The first-order chi connectivity index (χ1) is 11.9. The van der Waals surface area contributed by atoms with Crippen molar-refractivity contribution in [2.45, 2.75) is 9.79 Å². The predicted octanol–water partition coefficient (Wildman–Crippen LogP) is 2.61. The molecule has 0 aliphatic rings. The van der Waals surface area contributed by atoms with Gasteiger partial charge in [-0.05, 0) is 36.4 Å². The number of thioether (sulfide) groups is 1. The van der Waals surface area contributed by atoms with Crippen LogP contribution < -0.4 is 10.5 Å². The van der Waals surface area contributed by atoms with Crippen LogP contribution in [-0.4, -0.2) is 25.1 Å². The Morgan fingerprint density at radius 2 is 1.80 bits per heavy atom. The summed E-state index contributed by atoms with van der Waals surface area (Å²) in [5, 5.41) is 8.78. The number of sulfonamides is 1. The summed E-state index contributed by atoms with van der Waals surface area (Å²) in [7, 11) is -3.74. The maximum absolute atomic E-state index is 12.1. The first-order valence-electron chi connectivity index (χ1n) is 7.33. The number of nitrogens with one attached hydrogen (secondary N) is 1. The molecule has 0 radical (unpaired) electrons. The van der Waals surface area contributed by atoms with Crippen molar-refractivity contribution >= 4 is 44.3 Å². The molecule has 2 aromatic carbocycles. The lowest BCUT2D eigenvalue weighted by molar-refractivity contribution is -0.113. The molecule has 0 fully saturated rings. The van der Waals surface area contributed by atoms with Crippen LogP contribution in [0.3, 0.4) is 0 Å². The summed E-state index contributed by atoms with van der Waals surface area (Å²) in [4.78, 5) is 17.4. The predicted molar refractivity (Wildman–Crippen MR) is 98.9 cm³/mol. The molecule has 3 N–H and O–H groups in total. The third-order valence-electron chi connectivity index (χ3n) is 3.42. The van der Waals surface area contributed by atoms with E-state index in [0.717, 1.165) is 15.8 Å². The molecule has 25 heavy (non-hydrogen) atoms. The lowest BCUT2D eigenvalue weighted by atomic mass is 10.2. The van der Waals surface area contributed by atoms with Gasteiger partial charge >= 0.3 is 0 Å². The van der Waals surface area contributed by atoms with E-state index in [4.69, 9.17) is 5.14 Å². The minimum absolute atomic E-state index is 0.00158. The molecule has 8 heteroatoms. The number of anilines is 1. The summed E-state index contributed by atoms with van der Waals surface area (Å²) in [6.07, 6.45) is 1.72. The van der Waals surface area contributed by atoms with Crippen molar-refractivity contribution in [1.82, 2.24) is 4.98 Å². The zero-order valence-electron chi connectivity index (χ0n) is 13.0. The minimum atomic E-state index is -3.74. The fourth-order valence-electron chi connectivity index (χ4n) is 2.26. The first kappa shape index (κ1) is 17.4. The molecule has 0 bridgehead atoms. The summed E-state index contributed by atoms with van der Waals surface area (Å²) in [5.74, 6) is 0.0217. The first-order valence-corrected chi connectivity index (χ1v) is 9.86. The van der Waals surface area contributed by atoms with Gasteiger partial charge in [-0.3, -0.25) is 9.78 Å². The van der Waals surface area contributed by atoms with E-state index in [9.17, 15) is 13.2 Å². The Bertz CT molecular complexity index is 1010. The Kier molecular flexibility index (Phi) is 5.03. The monoisotopic (exact) mass is 373 g/mol. The number of amides is 1. The van der Waals surface area contributed by atoms with Gasteiger partial charge in [0.1, 0.15) is 0 Å². The lowest BCUT2D eigenvalue weighted by Gasteiger charge is -2.07. The smallest absolute Gasteiger partial charge is 0.238 e. The number of primary sulfonamides is 1. The number of pyridine rings is 1. The molecule has 0 saturated heterocycles. The molecular weight excluding hydrogens is 358 g/mol. The van der Waals surface area contributed by atoms with Crippen LogP contribution >= 0.6 is 11.8 Å². The molecule has 0 saturated carbocycles. The molecular formula is C17H15N3O3S2. The summed E-state index contributed by atoms with van der Waals surface area (Å²) in [5.41, 5.74) is 1.37. The molecule has 1 aromatic heterocycles. The van der Waals surface area contributed by atoms with Crippen molar-refractivity contribution in [2.75, 3.05) is 11.1 Å². The second kappa shape index (κ2) is 7.22. The molecule has 3 rings (SSSR count). The zero-order valence-corrected chi connectivity index (χ0v) is 14.7. The quantitative estimate of drug-likeness (QED) is 0.669. The second-order valence-corrected chi connectivity index (χ2v) is 7.82. The van der Waals surface area contributed by atoms with Crippen LogP contribution in [0.25, 0.3) is 10.9 Å². The topological polar surface area (TPSA) is 102 Å². The highest BCUT2D eigenvalue weighted by Crippen LogP contribution is 2.26. The maximum Gasteiger partial charge on any atom is 0.238 e. The SMILES string of the molecule is NS(=O)(=O)c1ccc(NC(=O)CSc2cccc3cccnc23)cc1. The number of carbonyl (C=O) groups excluding carboxylic acids is 1. The molecule has 0 aliphatic carbocycles. The molecule has 0 unspecified atom stereocenters. The van der Waals surface area contributed by atoms with Gasteiger partial charge < -0.3 is 5.32 Å². The number of carbonyl (C=O) groups is 1. The highest BCUT2D eigenvalue weighted by Gasteiger charge is 2.09. The summed E-state index contributed by atoms with van der Waals surface area (Å²) >= 11 is 1.39. The maximum atomic E-state index is 12.1. The van der Waals surface area contributed by atoms with Crippen LogP contribution in [0.1, 0.15) is 0 Å². The van der Waals surface area contributed by atoms with Crippen LogP contribution in [0, 0.1) is 0 Å². The molecule has 0 aliphatic heterocycles. The fraction of sp³-hybridized carbons (Fsp3) is 0.0588. The van der Waals surface area contributed by atoms with Crippen molar-refractivity contribution in [1.29, 1.82) is 0 Å².